The molecule has 2 heterocycles. The average molecular weight is 420 g/mol. The van der Waals surface area contributed by atoms with E-state index < -0.39 is 15.6 Å². The first kappa shape index (κ1) is 21.3. The number of hydrogen-bond donors (Lipinski definition) is 2. The van der Waals surface area contributed by atoms with Crippen LogP contribution in [0.1, 0.15) is 12.0 Å². The highest BCUT2D eigenvalue weighted by Crippen LogP contribution is 2.28. The summed E-state index contributed by atoms with van der Waals surface area (Å²) in [5.41, 5.74) is 0.749. The summed E-state index contributed by atoms with van der Waals surface area (Å²) >= 11 is 0. The van der Waals surface area contributed by atoms with Crippen LogP contribution in [0.15, 0.2) is 42.7 Å². The predicted molar refractivity (Wildman–Crippen MR) is 108 cm³/mol. The van der Waals surface area contributed by atoms with E-state index in [1.165, 1.54) is 19.2 Å². The van der Waals surface area contributed by atoms with Gasteiger partial charge in [-0.15, -0.1) is 0 Å². The number of benzene rings is 1. The average Bonchev–Trinajstić information content (AvgIpc) is 3.09. The number of carbonyl (C=O) groups is 1. The minimum atomic E-state index is -3.39. The van der Waals surface area contributed by atoms with E-state index in [9.17, 15) is 13.2 Å². The Morgan fingerprint density at radius 1 is 1.34 bits per heavy atom. The summed E-state index contributed by atoms with van der Waals surface area (Å²) < 4.78 is 25.9. The lowest BCUT2D eigenvalue weighted by atomic mass is 9.86. The zero-order valence-electron chi connectivity index (χ0n) is 16.6. The number of amides is 1. The second-order valence-corrected chi connectivity index (χ2v) is 8.97. The smallest absolute Gasteiger partial charge is 0.266 e. The van der Waals surface area contributed by atoms with E-state index in [0.29, 0.717) is 25.2 Å². The maximum absolute atomic E-state index is 13.1. The molecule has 10 heteroatoms. The van der Waals surface area contributed by atoms with Gasteiger partial charge >= 0.3 is 0 Å². The number of hydroxylamine groups is 2. The number of rotatable bonds is 7. The van der Waals surface area contributed by atoms with E-state index in [4.69, 9.17) is 4.84 Å². The van der Waals surface area contributed by atoms with Crippen molar-refractivity contribution in [2.75, 3.05) is 27.0 Å². The first-order chi connectivity index (χ1) is 13.7. The first-order valence-electron chi connectivity index (χ1n) is 9.13. The van der Waals surface area contributed by atoms with Crippen LogP contribution in [0.3, 0.4) is 0 Å². The van der Waals surface area contributed by atoms with Crippen LogP contribution in [-0.4, -0.2) is 67.9 Å². The van der Waals surface area contributed by atoms with E-state index >= 15 is 0 Å². The van der Waals surface area contributed by atoms with Crippen molar-refractivity contribution in [2.24, 2.45) is 0 Å². The molecular formula is C19H25N5O4S. The molecule has 0 bridgehead atoms. The van der Waals surface area contributed by atoms with Gasteiger partial charge in [-0.2, -0.15) is 0 Å². The second kappa shape index (κ2) is 8.54. The molecule has 1 amide bonds. The molecule has 0 spiro atoms. The van der Waals surface area contributed by atoms with Crippen LogP contribution in [0, 0.1) is 0 Å². The molecule has 2 aromatic rings. The number of likely N-dealkylation sites (N-methyl/N-ethyl adjacent to an activating group) is 1. The van der Waals surface area contributed by atoms with Gasteiger partial charge in [0.15, 0.2) is 5.82 Å². The van der Waals surface area contributed by atoms with Crippen molar-refractivity contribution in [1.29, 1.82) is 0 Å². The number of nitrogens with zero attached hydrogens (tertiary/aromatic N) is 3. The molecule has 3 rings (SSSR count). The van der Waals surface area contributed by atoms with Gasteiger partial charge in [0.2, 0.25) is 10.0 Å². The Bertz CT molecular complexity index is 970. The van der Waals surface area contributed by atoms with Crippen LogP contribution in [0.4, 0.5) is 0 Å². The highest BCUT2D eigenvalue weighted by Gasteiger charge is 2.47. The Kier molecular flexibility index (Phi) is 6.27. The van der Waals surface area contributed by atoms with Crippen LogP contribution < -0.4 is 10.0 Å². The van der Waals surface area contributed by atoms with E-state index in [-0.39, 0.29) is 11.9 Å². The van der Waals surface area contributed by atoms with Gasteiger partial charge < -0.3 is 5.32 Å². The van der Waals surface area contributed by atoms with Gasteiger partial charge in [-0.05, 0) is 30.5 Å². The molecule has 1 saturated heterocycles. The van der Waals surface area contributed by atoms with Gasteiger partial charge in [-0.1, -0.05) is 18.2 Å². The van der Waals surface area contributed by atoms with Crippen molar-refractivity contribution in [3.05, 3.63) is 48.3 Å². The molecule has 2 N–H and O–H groups in total. The molecule has 0 saturated carbocycles. The monoisotopic (exact) mass is 419 g/mol. The number of carbonyl (C=O) groups excluding carboxylic acids is 1. The molecule has 0 aliphatic carbocycles. The van der Waals surface area contributed by atoms with Gasteiger partial charge in [0.05, 0.1) is 13.4 Å². The topological polar surface area (TPSA) is 114 Å². The number of nitrogens with one attached hydrogen (secondary N) is 2. The largest absolute Gasteiger partial charge is 0.301 e. The number of sulfonamides is 1. The molecule has 0 radical (unpaired) electrons. The Morgan fingerprint density at radius 2 is 2.07 bits per heavy atom. The lowest BCUT2D eigenvalue weighted by Crippen LogP contribution is -2.55. The Morgan fingerprint density at radius 3 is 2.72 bits per heavy atom. The van der Waals surface area contributed by atoms with Gasteiger partial charge in [0, 0.05) is 37.6 Å². The second-order valence-electron chi connectivity index (χ2n) is 7.19. The van der Waals surface area contributed by atoms with Crippen LogP contribution in [0.25, 0.3) is 11.4 Å². The summed E-state index contributed by atoms with van der Waals surface area (Å²) in [6.07, 6.45) is 5.13. The molecule has 2 atom stereocenters. The zero-order valence-corrected chi connectivity index (χ0v) is 17.4. The quantitative estimate of drug-likeness (QED) is 0.623. The van der Waals surface area contributed by atoms with Crippen molar-refractivity contribution in [3.8, 4) is 11.4 Å². The van der Waals surface area contributed by atoms with E-state index in [2.05, 4.69) is 20.0 Å². The maximum atomic E-state index is 13.1. The van der Waals surface area contributed by atoms with Gasteiger partial charge in [-0.25, -0.2) is 28.2 Å². The fourth-order valence-corrected chi connectivity index (χ4v) is 4.42. The Hall–Kier alpha value is -2.40. The van der Waals surface area contributed by atoms with Gasteiger partial charge in [0.25, 0.3) is 5.91 Å². The maximum Gasteiger partial charge on any atom is 0.266 e. The summed E-state index contributed by atoms with van der Waals surface area (Å²) in [5, 5.41) is 4.40. The van der Waals surface area contributed by atoms with Gasteiger partial charge in [0.1, 0.15) is 5.54 Å². The molecule has 156 valence electrons. The molecule has 1 aliphatic heterocycles. The molecular weight excluding hydrogens is 394 g/mol. The SMILES string of the molecule is CON(C)C(=O)[C@]1(Cc2cccc(-c3ncccn3)c2)C[C@@H](NS(C)(=O)=O)CN1. The van der Waals surface area contributed by atoms with Crippen molar-refractivity contribution in [1.82, 2.24) is 25.1 Å². The summed E-state index contributed by atoms with van der Waals surface area (Å²) in [5.74, 6) is 0.332. The fourth-order valence-electron chi connectivity index (χ4n) is 3.64. The van der Waals surface area contributed by atoms with Crippen molar-refractivity contribution >= 4 is 15.9 Å². The first-order valence-corrected chi connectivity index (χ1v) is 11.0. The molecule has 1 fully saturated rings. The normalized spacial score (nSPS) is 21.8. The Labute approximate surface area is 170 Å². The molecule has 9 nitrogen and oxygen atoms in total. The Balaban J connectivity index is 1.89. The summed E-state index contributed by atoms with van der Waals surface area (Å²) in [6, 6.07) is 9.02. The van der Waals surface area contributed by atoms with E-state index in [1.54, 1.807) is 18.5 Å². The van der Waals surface area contributed by atoms with Crippen LogP contribution >= 0.6 is 0 Å². The van der Waals surface area contributed by atoms with Crippen LogP contribution in [0.5, 0.6) is 0 Å². The zero-order chi connectivity index (χ0) is 21.1. The molecule has 1 aromatic carbocycles. The minimum absolute atomic E-state index is 0.265. The third kappa shape index (κ3) is 5.15. The molecule has 1 aliphatic rings. The highest BCUT2D eigenvalue weighted by molar-refractivity contribution is 7.88. The summed E-state index contributed by atoms with van der Waals surface area (Å²) in [6.45, 7) is 0.345. The fraction of sp³-hybridized carbons (Fsp3) is 0.421. The van der Waals surface area contributed by atoms with Gasteiger partial charge in [-0.3, -0.25) is 9.63 Å². The summed E-state index contributed by atoms with van der Waals surface area (Å²) in [7, 11) is -0.432. The lowest BCUT2D eigenvalue weighted by molar-refractivity contribution is -0.175. The van der Waals surface area contributed by atoms with Crippen LogP contribution in [0.2, 0.25) is 0 Å². The molecule has 29 heavy (non-hydrogen) atoms. The standard InChI is InChI=1S/C19H25N5O4S/c1-24(28-2)18(25)19(12-16(13-22-19)23-29(3,26)27)11-14-6-4-7-15(10-14)17-20-8-5-9-21-17/h4-10,16,22-23H,11-13H2,1-3H3/t16-,19+/m1/s1. The van der Waals surface area contributed by atoms with Crippen molar-refractivity contribution < 1.29 is 18.0 Å². The van der Waals surface area contributed by atoms with Crippen molar-refractivity contribution in [3.63, 3.8) is 0 Å². The highest BCUT2D eigenvalue weighted by atomic mass is 32.2. The van der Waals surface area contributed by atoms with E-state index in [0.717, 1.165) is 17.4 Å². The summed E-state index contributed by atoms with van der Waals surface area (Å²) in [4.78, 5) is 26.7. The third-order valence-electron chi connectivity index (χ3n) is 4.89. The predicted octanol–water partition coefficient (Wildman–Crippen LogP) is 0.356. The van der Waals surface area contributed by atoms with Crippen LogP contribution in [-0.2, 0) is 26.1 Å². The minimum Gasteiger partial charge on any atom is -0.301 e. The van der Waals surface area contributed by atoms with Crippen molar-refractivity contribution in [2.45, 2.75) is 24.4 Å². The molecule has 0 unspecified atom stereocenters. The molecule has 1 aromatic heterocycles. The lowest BCUT2D eigenvalue weighted by Gasteiger charge is -2.32. The number of hydrogen-bond acceptors (Lipinski definition) is 7. The number of aromatic nitrogens is 2. The third-order valence-corrected chi connectivity index (χ3v) is 5.65. The van der Waals surface area contributed by atoms with E-state index in [1.807, 2.05) is 24.3 Å².